The minimum atomic E-state index is -4.51. The summed E-state index contributed by atoms with van der Waals surface area (Å²) in [5.41, 5.74) is -0.0345. The van der Waals surface area contributed by atoms with Gasteiger partial charge in [0.2, 0.25) is 5.91 Å². The maximum atomic E-state index is 12.6. The first-order valence-corrected chi connectivity index (χ1v) is 7.92. The lowest BCUT2D eigenvalue weighted by molar-refractivity contribution is -0.142. The van der Waals surface area contributed by atoms with Gasteiger partial charge in [0.1, 0.15) is 12.4 Å². The van der Waals surface area contributed by atoms with Crippen LogP contribution >= 0.6 is 0 Å². The summed E-state index contributed by atoms with van der Waals surface area (Å²) < 4.78 is 38.9. The van der Waals surface area contributed by atoms with E-state index in [-0.39, 0.29) is 18.5 Å². The van der Waals surface area contributed by atoms with Crippen LogP contribution < -0.4 is 5.32 Å². The number of nitrogens with zero attached hydrogens (tertiary/aromatic N) is 4. The SMILES string of the molecule is CNc1cc([C@H]2CCCN2C(=O)Cn2ccc(C(F)(F)F)n2)ccn1. The van der Waals surface area contributed by atoms with Crippen molar-refractivity contribution in [3.8, 4) is 0 Å². The van der Waals surface area contributed by atoms with E-state index in [1.165, 1.54) is 6.20 Å². The molecular weight excluding hydrogens is 335 g/mol. The van der Waals surface area contributed by atoms with E-state index in [4.69, 9.17) is 0 Å². The Morgan fingerprint density at radius 2 is 2.20 bits per heavy atom. The highest BCUT2D eigenvalue weighted by atomic mass is 19.4. The molecule has 1 fully saturated rings. The van der Waals surface area contributed by atoms with Gasteiger partial charge in [-0.2, -0.15) is 18.3 Å². The van der Waals surface area contributed by atoms with Crippen molar-refractivity contribution in [1.29, 1.82) is 0 Å². The Labute approximate surface area is 142 Å². The molecule has 0 unspecified atom stereocenters. The van der Waals surface area contributed by atoms with Crippen molar-refractivity contribution in [1.82, 2.24) is 19.7 Å². The van der Waals surface area contributed by atoms with Crippen molar-refractivity contribution >= 4 is 11.7 Å². The van der Waals surface area contributed by atoms with Crippen molar-refractivity contribution in [2.45, 2.75) is 31.6 Å². The van der Waals surface area contributed by atoms with Crippen molar-refractivity contribution < 1.29 is 18.0 Å². The number of carbonyl (C=O) groups is 1. The van der Waals surface area contributed by atoms with Crippen molar-refractivity contribution in [3.05, 3.63) is 41.9 Å². The summed E-state index contributed by atoms with van der Waals surface area (Å²) in [4.78, 5) is 18.4. The standard InChI is InChI=1S/C16H18F3N5O/c1-20-14-9-11(4-6-21-14)12-3-2-7-24(12)15(25)10-23-8-5-13(22-23)16(17,18)19/h4-6,8-9,12H,2-3,7,10H2,1H3,(H,20,21)/t12-/m1/s1. The van der Waals surface area contributed by atoms with Gasteiger partial charge in [0, 0.05) is 26.0 Å². The quantitative estimate of drug-likeness (QED) is 0.918. The number of hydrogen-bond donors (Lipinski definition) is 1. The molecular formula is C16H18F3N5O. The van der Waals surface area contributed by atoms with Crippen LogP contribution in [0.5, 0.6) is 0 Å². The third-order valence-corrected chi connectivity index (χ3v) is 4.23. The lowest BCUT2D eigenvalue weighted by atomic mass is 10.1. The Morgan fingerprint density at radius 3 is 2.88 bits per heavy atom. The third-order valence-electron chi connectivity index (χ3n) is 4.23. The van der Waals surface area contributed by atoms with E-state index in [1.54, 1.807) is 18.1 Å². The predicted octanol–water partition coefficient (Wildman–Crippen LogP) is 2.70. The zero-order valence-corrected chi connectivity index (χ0v) is 13.6. The van der Waals surface area contributed by atoms with Gasteiger partial charge in [0.05, 0.1) is 6.04 Å². The Bertz CT molecular complexity index is 758. The van der Waals surface area contributed by atoms with Gasteiger partial charge in [-0.05, 0) is 36.6 Å². The molecule has 3 heterocycles. The van der Waals surface area contributed by atoms with Crippen LogP contribution in [0.15, 0.2) is 30.6 Å². The fourth-order valence-electron chi connectivity index (χ4n) is 3.03. The lowest BCUT2D eigenvalue weighted by Crippen LogP contribution is -2.33. The van der Waals surface area contributed by atoms with E-state index < -0.39 is 11.9 Å². The van der Waals surface area contributed by atoms with Gasteiger partial charge < -0.3 is 10.2 Å². The second-order valence-electron chi connectivity index (χ2n) is 5.87. The molecule has 1 aliphatic rings. The number of rotatable bonds is 4. The number of nitrogens with one attached hydrogen (secondary N) is 1. The maximum Gasteiger partial charge on any atom is 0.435 e. The lowest BCUT2D eigenvalue weighted by Gasteiger charge is -2.25. The van der Waals surface area contributed by atoms with Gasteiger partial charge >= 0.3 is 6.18 Å². The van der Waals surface area contributed by atoms with E-state index in [2.05, 4.69) is 15.4 Å². The number of anilines is 1. The fourth-order valence-corrected chi connectivity index (χ4v) is 3.03. The molecule has 1 amide bonds. The normalized spacial score (nSPS) is 17.8. The Balaban J connectivity index is 1.73. The monoisotopic (exact) mass is 353 g/mol. The number of amides is 1. The van der Waals surface area contributed by atoms with Gasteiger partial charge in [0.15, 0.2) is 5.69 Å². The van der Waals surface area contributed by atoms with E-state index in [0.29, 0.717) is 12.4 Å². The molecule has 1 N–H and O–H groups in total. The Hall–Kier alpha value is -2.58. The first-order chi connectivity index (χ1) is 11.9. The van der Waals surface area contributed by atoms with Crippen LogP contribution in [-0.4, -0.2) is 39.2 Å². The highest BCUT2D eigenvalue weighted by Gasteiger charge is 2.34. The minimum absolute atomic E-state index is 0.0970. The molecule has 6 nitrogen and oxygen atoms in total. The van der Waals surface area contributed by atoms with E-state index in [1.807, 2.05) is 12.1 Å². The highest BCUT2D eigenvalue weighted by Crippen LogP contribution is 2.33. The van der Waals surface area contributed by atoms with Crippen LogP contribution in [0.3, 0.4) is 0 Å². The molecule has 3 rings (SSSR count). The summed E-state index contributed by atoms with van der Waals surface area (Å²) >= 11 is 0. The van der Waals surface area contributed by atoms with Crippen molar-refractivity contribution in [3.63, 3.8) is 0 Å². The number of halogens is 3. The number of aromatic nitrogens is 3. The largest absolute Gasteiger partial charge is 0.435 e. The minimum Gasteiger partial charge on any atom is -0.373 e. The molecule has 0 spiro atoms. The second-order valence-corrected chi connectivity index (χ2v) is 5.87. The smallest absolute Gasteiger partial charge is 0.373 e. The predicted molar refractivity (Wildman–Crippen MR) is 84.7 cm³/mol. The third kappa shape index (κ3) is 3.75. The van der Waals surface area contributed by atoms with E-state index in [0.717, 1.165) is 29.2 Å². The topological polar surface area (TPSA) is 63.1 Å². The first-order valence-electron chi connectivity index (χ1n) is 7.92. The van der Waals surface area contributed by atoms with E-state index in [9.17, 15) is 18.0 Å². The van der Waals surface area contributed by atoms with Crippen LogP contribution in [0.1, 0.15) is 30.1 Å². The summed E-state index contributed by atoms with van der Waals surface area (Å²) in [7, 11) is 1.76. The molecule has 0 radical (unpaired) electrons. The summed E-state index contributed by atoms with van der Waals surface area (Å²) in [6.45, 7) is 0.366. The van der Waals surface area contributed by atoms with Crippen LogP contribution in [0, 0.1) is 0 Å². The molecule has 25 heavy (non-hydrogen) atoms. The van der Waals surface area contributed by atoms with Crippen molar-refractivity contribution in [2.24, 2.45) is 0 Å². The highest BCUT2D eigenvalue weighted by molar-refractivity contribution is 5.76. The average Bonchev–Trinajstić information content (AvgIpc) is 3.23. The fraction of sp³-hybridized carbons (Fsp3) is 0.438. The van der Waals surface area contributed by atoms with Crippen LogP contribution in [-0.2, 0) is 17.5 Å². The molecule has 0 saturated carbocycles. The molecule has 2 aromatic rings. The molecule has 1 saturated heterocycles. The number of likely N-dealkylation sites (tertiary alicyclic amines) is 1. The van der Waals surface area contributed by atoms with Crippen LogP contribution in [0.2, 0.25) is 0 Å². The van der Waals surface area contributed by atoms with Crippen LogP contribution in [0.25, 0.3) is 0 Å². The number of pyridine rings is 1. The van der Waals surface area contributed by atoms with Crippen LogP contribution in [0.4, 0.5) is 19.0 Å². The molecule has 0 aromatic carbocycles. The summed E-state index contributed by atoms with van der Waals surface area (Å²) in [5, 5.41) is 6.40. The molecule has 134 valence electrons. The summed E-state index contributed by atoms with van der Waals surface area (Å²) in [5.74, 6) is 0.459. The number of carbonyl (C=O) groups excluding carboxylic acids is 1. The average molecular weight is 353 g/mol. The molecule has 2 aromatic heterocycles. The van der Waals surface area contributed by atoms with Gasteiger partial charge in [-0.15, -0.1) is 0 Å². The second kappa shape index (κ2) is 6.73. The zero-order chi connectivity index (χ0) is 18.0. The maximum absolute atomic E-state index is 12.6. The Kier molecular flexibility index (Phi) is 4.65. The summed E-state index contributed by atoms with van der Waals surface area (Å²) in [6.07, 6.45) is 0.00000853. The van der Waals surface area contributed by atoms with Gasteiger partial charge in [-0.25, -0.2) is 4.98 Å². The van der Waals surface area contributed by atoms with Gasteiger partial charge in [-0.1, -0.05) is 0 Å². The van der Waals surface area contributed by atoms with Gasteiger partial charge in [-0.3, -0.25) is 9.48 Å². The summed E-state index contributed by atoms with van der Waals surface area (Å²) in [6, 6.07) is 4.51. The Morgan fingerprint density at radius 1 is 1.40 bits per heavy atom. The molecule has 9 heteroatoms. The number of alkyl halides is 3. The molecule has 0 aliphatic carbocycles. The zero-order valence-electron chi connectivity index (χ0n) is 13.6. The number of hydrogen-bond acceptors (Lipinski definition) is 4. The van der Waals surface area contributed by atoms with E-state index >= 15 is 0 Å². The molecule has 0 bridgehead atoms. The van der Waals surface area contributed by atoms with Crippen molar-refractivity contribution in [2.75, 3.05) is 18.9 Å². The first kappa shape index (κ1) is 17.2. The molecule has 1 aliphatic heterocycles. The van der Waals surface area contributed by atoms with Gasteiger partial charge in [0.25, 0.3) is 0 Å². The molecule has 1 atom stereocenters.